The van der Waals surface area contributed by atoms with Crippen molar-refractivity contribution in [2.45, 2.75) is 45.9 Å². The van der Waals surface area contributed by atoms with Gasteiger partial charge in [-0.1, -0.05) is 25.2 Å². The third kappa shape index (κ3) is 3.33. The van der Waals surface area contributed by atoms with Crippen molar-refractivity contribution in [3.05, 3.63) is 4.88 Å². The van der Waals surface area contributed by atoms with Crippen molar-refractivity contribution in [3.8, 4) is 5.88 Å². The summed E-state index contributed by atoms with van der Waals surface area (Å²) in [5.41, 5.74) is 0.179. The number of aromatic nitrogens is 1. The van der Waals surface area contributed by atoms with Gasteiger partial charge in [0.25, 0.3) is 0 Å². The SMILES string of the molecule is CCOC1CC(NCc2sc(N(C)C)nc2OC)C1(C)C. The van der Waals surface area contributed by atoms with Gasteiger partial charge in [0, 0.05) is 38.7 Å². The van der Waals surface area contributed by atoms with Gasteiger partial charge in [-0.15, -0.1) is 0 Å². The van der Waals surface area contributed by atoms with Crippen molar-refractivity contribution in [3.63, 3.8) is 0 Å². The van der Waals surface area contributed by atoms with Gasteiger partial charge in [0.05, 0.1) is 18.1 Å². The van der Waals surface area contributed by atoms with Gasteiger partial charge in [-0.25, -0.2) is 0 Å². The van der Waals surface area contributed by atoms with Crippen LogP contribution in [0, 0.1) is 5.41 Å². The molecule has 1 aliphatic rings. The minimum absolute atomic E-state index is 0.179. The van der Waals surface area contributed by atoms with Gasteiger partial charge in [0.15, 0.2) is 5.13 Å². The zero-order valence-electron chi connectivity index (χ0n) is 13.9. The molecule has 2 rings (SSSR count). The molecule has 120 valence electrons. The second-order valence-electron chi connectivity index (χ2n) is 6.26. The molecule has 1 aromatic heterocycles. The average Bonchev–Trinajstić information content (AvgIpc) is 2.85. The standard InChI is InChI=1S/C15H27N3O2S/c1-7-20-12-8-11(15(12,2)3)16-9-10-13(19-6)17-14(21-10)18(4)5/h11-12,16H,7-9H2,1-6H3. The van der Waals surface area contributed by atoms with Crippen molar-refractivity contribution >= 4 is 16.5 Å². The minimum atomic E-state index is 0.179. The fraction of sp³-hybridized carbons (Fsp3) is 0.800. The van der Waals surface area contributed by atoms with Crippen molar-refractivity contribution in [1.29, 1.82) is 0 Å². The van der Waals surface area contributed by atoms with Gasteiger partial charge >= 0.3 is 0 Å². The number of rotatable bonds is 7. The summed E-state index contributed by atoms with van der Waals surface area (Å²) in [4.78, 5) is 7.65. The molecular formula is C15H27N3O2S. The average molecular weight is 313 g/mol. The number of nitrogens with one attached hydrogen (secondary N) is 1. The van der Waals surface area contributed by atoms with E-state index in [2.05, 4.69) is 31.1 Å². The highest BCUT2D eigenvalue weighted by molar-refractivity contribution is 7.15. The summed E-state index contributed by atoms with van der Waals surface area (Å²) in [7, 11) is 5.67. The molecule has 1 fully saturated rings. The fourth-order valence-electron chi connectivity index (χ4n) is 2.72. The first-order valence-corrected chi connectivity index (χ1v) is 8.27. The molecular weight excluding hydrogens is 286 g/mol. The second kappa shape index (κ2) is 6.50. The fourth-order valence-corrected chi connectivity index (χ4v) is 3.62. The predicted octanol–water partition coefficient (Wildman–Crippen LogP) is 2.51. The summed E-state index contributed by atoms with van der Waals surface area (Å²) in [6.07, 6.45) is 1.43. The Labute approximate surface area is 131 Å². The summed E-state index contributed by atoms with van der Waals surface area (Å²) in [5.74, 6) is 0.731. The second-order valence-corrected chi connectivity index (χ2v) is 7.32. The van der Waals surface area contributed by atoms with E-state index in [1.807, 2.05) is 19.0 Å². The van der Waals surface area contributed by atoms with E-state index < -0.39 is 0 Å². The molecule has 0 aliphatic heterocycles. The number of methoxy groups -OCH3 is 1. The van der Waals surface area contributed by atoms with Crippen LogP contribution in [-0.4, -0.2) is 44.9 Å². The lowest BCUT2D eigenvalue weighted by Gasteiger charge is -2.51. The molecule has 2 unspecified atom stereocenters. The Kier molecular flexibility index (Phi) is 5.11. The number of hydrogen-bond acceptors (Lipinski definition) is 6. The molecule has 1 aliphatic carbocycles. The molecule has 1 N–H and O–H groups in total. The third-order valence-corrected chi connectivity index (χ3v) is 5.49. The molecule has 1 aromatic rings. The Hall–Kier alpha value is -0.850. The van der Waals surface area contributed by atoms with E-state index in [-0.39, 0.29) is 5.41 Å². The van der Waals surface area contributed by atoms with Crippen LogP contribution in [0.4, 0.5) is 5.13 Å². The summed E-state index contributed by atoms with van der Waals surface area (Å²) in [5, 5.41) is 4.61. The molecule has 0 amide bonds. The largest absolute Gasteiger partial charge is 0.480 e. The summed E-state index contributed by atoms with van der Waals surface area (Å²) >= 11 is 1.68. The quantitative estimate of drug-likeness (QED) is 0.838. The maximum Gasteiger partial charge on any atom is 0.230 e. The van der Waals surface area contributed by atoms with E-state index in [1.165, 1.54) is 0 Å². The number of hydrogen-bond donors (Lipinski definition) is 1. The Balaban J connectivity index is 1.95. The normalized spacial score (nSPS) is 23.7. The van der Waals surface area contributed by atoms with Crippen molar-refractivity contribution in [1.82, 2.24) is 10.3 Å². The van der Waals surface area contributed by atoms with Crippen LogP contribution < -0.4 is 15.0 Å². The van der Waals surface area contributed by atoms with Crippen molar-refractivity contribution in [2.75, 3.05) is 32.7 Å². The van der Waals surface area contributed by atoms with Crippen molar-refractivity contribution in [2.24, 2.45) is 5.41 Å². The van der Waals surface area contributed by atoms with Gasteiger partial charge in [-0.05, 0) is 13.3 Å². The highest BCUT2D eigenvalue weighted by Gasteiger charge is 2.48. The molecule has 0 aromatic carbocycles. The van der Waals surface area contributed by atoms with E-state index >= 15 is 0 Å². The first-order valence-electron chi connectivity index (χ1n) is 7.46. The molecule has 0 spiro atoms. The van der Waals surface area contributed by atoms with Crippen LogP contribution in [0.2, 0.25) is 0 Å². The topological polar surface area (TPSA) is 46.6 Å². The maximum absolute atomic E-state index is 5.77. The lowest BCUT2D eigenvalue weighted by molar-refractivity contribution is -0.114. The Morgan fingerprint density at radius 2 is 2.14 bits per heavy atom. The molecule has 0 radical (unpaired) electrons. The van der Waals surface area contributed by atoms with Gasteiger partial charge < -0.3 is 19.7 Å². The smallest absolute Gasteiger partial charge is 0.230 e. The monoisotopic (exact) mass is 313 g/mol. The maximum atomic E-state index is 5.77. The Bertz CT molecular complexity index is 473. The highest BCUT2D eigenvalue weighted by Crippen LogP contribution is 2.43. The highest BCUT2D eigenvalue weighted by atomic mass is 32.1. The molecule has 0 saturated heterocycles. The zero-order valence-corrected chi connectivity index (χ0v) is 14.7. The van der Waals surface area contributed by atoms with E-state index in [1.54, 1.807) is 18.4 Å². The van der Waals surface area contributed by atoms with E-state index in [4.69, 9.17) is 9.47 Å². The Morgan fingerprint density at radius 1 is 1.43 bits per heavy atom. The lowest BCUT2D eigenvalue weighted by Crippen LogP contribution is -2.60. The number of thiazole rings is 1. The number of nitrogens with zero attached hydrogens (tertiary/aromatic N) is 2. The van der Waals surface area contributed by atoms with Crippen LogP contribution >= 0.6 is 11.3 Å². The van der Waals surface area contributed by atoms with Gasteiger partial charge in [-0.2, -0.15) is 4.98 Å². The Morgan fingerprint density at radius 3 is 2.67 bits per heavy atom. The molecule has 2 atom stereocenters. The molecule has 6 heteroatoms. The summed E-state index contributed by atoms with van der Waals surface area (Å²) in [6.45, 7) is 8.17. The lowest BCUT2D eigenvalue weighted by atomic mass is 9.64. The molecule has 21 heavy (non-hydrogen) atoms. The van der Waals surface area contributed by atoms with E-state index in [0.29, 0.717) is 12.1 Å². The van der Waals surface area contributed by atoms with Crippen LogP contribution in [0.3, 0.4) is 0 Å². The molecule has 1 saturated carbocycles. The van der Waals surface area contributed by atoms with Crippen LogP contribution in [0.15, 0.2) is 0 Å². The van der Waals surface area contributed by atoms with Crippen molar-refractivity contribution < 1.29 is 9.47 Å². The zero-order chi connectivity index (χ0) is 15.6. The van der Waals surface area contributed by atoms with Gasteiger partial charge in [-0.3, -0.25) is 0 Å². The van der Waals surface area contributed by atoms with E-state index in [0.717, 1.165) is 35.5 Å². The van der Waals surface area contributed by atoms with Crippen LogP contribution in [0.25, 0.3) is 0 Å². The van der Waals surface area contributed by atoms with E-state index in [9.17, 15) is 0 Å². The summed E-state index contributed by atoms with van der Waals surface area (Å²) < 4.78 is 11.2. The summed E-state index contributed by atoms with van der Waals surface area (Å²) in [6, 6.07) is 0.476. The van der Waals surface area contributed by atoms with Crippen LogP contribution in [0.5, 0.6) is 5.88 Å². The predicted molar refractivity (Wildman–Crippen MR) is 87.4 cm³/mol. The first kappa shape index (κ1) is 16.5. The molecule has 5 nitrogen and oxygen atoms in total. The number of ether oxygens (including phenoxy) is 2. The first-order chi connectivity index (χ1) is 9.90. The molecule has 0 bridgehead atoms. The van der Waals surface area contributed by atoms with Gasteiger partial charge in [0.1, 0.15) is 0 Å². The molecule has 1 heterocycles. The van der Waals surface area contributed by atoms with Gasteiger partial charge in [0.2, 0.25) is 5.88 Å². The van der Waals surface area contributed by atoms with Crippen LogP contribution in [-0.2, 0) is 11.3 Å². The van der Waals surface area contributed by atoms with Crippen LogP contribution in [0.1, 0.15) is 32.1 Å². The minimum Gasteiger partial charge on any atom is -0.480 e. The number of anilines is 1. The third-order valence-electron chi connectivity index (χ3n) is 4.28.